The Hall–Kier alpha value is -3.02. The average molecular weight is 357 g/mol. The van der Waals surface area contributed by atoms with E-state index in [2.05, 4.69) is 0 Å². The van der Waals surface area contributed by atoms with Gasteiger partial charge in [-0.25, -0.2) is 4.79 Å². The minimum atomic E-state index is -1.08. The van der Waals surface area contributed by atoms with Crippen LogP contribution in [0.4, 0.5) is 5.69 Å². The van der Waals surface area contributed by atoms with Gasteiger partial charge in [0, 0.05) is 17.8 Å². The molecule has 0 radical (unpaired) electrons. The van der Waals surface area contributed by atoms with E-state index >= 15 is 0 Å². The first-order chi connectivity index (χ1) is 12.5. The van der Waals surface area contributed by atoms with Gasteiger partial charge in [-0.1, -0.05) is 12.1 Å². The van der Waals surface area contributed by atoms with Crippen LogP contribution in [0.5, 0.6) is 11.5 Å². The van der Waals surface area contributed by atoms with Gasteiger partial charge < -0.3 is 19.5 Å². The molecule has 0 fully saturated rings. The second-order valence-electron chi connectivity index (χ2n) is 5.67. The molecule has 0 heterocycles. The van der Waals surface area contributed by atoms with E-state index in [-0.39, 0.29) is 5.91 Å². The lowest BCUT2D eigenvalue weighted by atomic mass is 10.1. The van der Waals surface area contributed by atoms with Gasteiger partial charge in [0.25, 0.3) is 5.91 Å². The van der Waals surface area contributed by atoms with Crippen LogP contribution in [-0.4, -0.2) is 36.7 Å². The van der Waals surface area contributed by atoms with Crippen molar-refractivity contribution in [1.29, 1.82) is 0 Å². The Morgan fingerprint density at radius 1 is 1.04 bits per heavy atom. The van der Waals surface area contributed by atoms with Crippen molar-refractivity contribution in [2.24, 2.45) is 0 Å². The number of amides is 1. The lowest BCUT2D eigenvalue weighted by Gasteiger charge is -2.22. The fourth-order valence-electron chi connectivity index (χ4n) is 2.56. The van der Waals surface area contributed by atoms with Crippen LogP contribution in [0.1, 0.15) is 29.8 Å². The maximum atomic E-state index is 13.0. The minimum absolute atomic E-state index is 0.163. The van der Waals surface area contributed by atoms with E-state index in [1.807, 2.05) is 38.1 Å². The monoisotopic (exact) mass is 357 g/mol. The van der Waals surface area contributed by atoms with Gasteiger partial charge in [-0.05, 0) is 56.7 Å². The van der Waals surface area contributed by atoms with Crippen LogP contribution in [-0.2, 0) is 4.79 Å². The van der Waals surface area contributed by atoms with Crippen molar-refractivity contribution >= 4 is 17.6 Å². The van der Waals surface area contributed by atoms with Crippen LogP contribution in [0.15, 0.2) is 42.5 Å². The first kappa shape index (κ1) is 19.3. The number of aliphatic carboxylic acids is 1. The first-order valence-corrected chi connectivity index (χ1v) is 8.46. The van der Waals surface area contributed by atoms with E-state index in [9.17, 15) is 9.59 Å². The Labute approximate surface area is 153 Å². The van der Waals surface area contributed by atoms with Crippen LogP contribution in [0.3, 0.4) is 0 Å². The summed E-state index contributed by atoms with van der Waals surface area (Å²) in [4.78, 5) is 25.3. The number of hydrogen-bond donors (Lipinski definition) is 1. The standard InChI is InChI=1S/C20H23NO5/c1-4-21(16-8-6-7-14(3)11-16)20(24)15-9-10-17(26-13-19(22)23)18(12-15)25-5-2/h6-12H,4-5,13H2,1-3H3,(H,22,23). The number of nitrogens with zero attached hydrogens (tertiary/aromatic N) is 1. The van der Waals surface area contributed by atoms with Crippen LogP contribution in [0.25, 0.3) is 0 Å². The first-order valence-electron chi connectivity index (χ1n) is 8.46. The molecular weight excluding hydrogens is 334 g/mol. The smallest absolute Gasteiger partial charge is 0.341 e. The number of carboxylic acids is 1. The highest BCUT2D eigenvalue weighted by molar-refractivity contribution is 6.06. The van der Waals surface area contributed by atoms with Gasteiger partial charge in [0.2, 0.25) is 0 Å². The molecule has 0 saturated carbocycles. The van der Waals surface area contributed by atoms with Gasteiger partial charge in [0.15, 0.2) is 18.1 Å². The van der Waals surface area contributed by atoms with Crippen molar-refractivity contribution in [3.63, 3.8) is 0 Å². The number of benzene rings is 2. The summed E-state index contributed by atoms with van der Waals surface area (Å²) in [5.74, 6) is -0.600. The Morgan fingerprint density at radius 3 is 2.42 bits per heavy atom. The van der Waals surface area contributed by atoms with Crippen LogP contribution in [0, 0.1) is 6.92 Å². The van der Waals surface area contributed by atoms with Crippen molar-refractivity contribution in [3.05, 3.63) is 53.6 Å². The summed E-state index contributed by atoms with van der Waals surface area (Å²) in [5, 5.41) is 8.76. The van der Waals surface area contributed by atoms with Crippen LogP contribution in [0.2, 0.25) is 0 Å². The topological polar surface area (TPSA) is 76.1 Å². The summed E-state index contributed by atoms with van der Waals surface area (Å²) in [6.07, 6.45) is 0. The SMILES string of the molecule is CCOc1cc(C(=O)N(CC)c2cccc(C)c2)ccc1OCC(=O)O. The van der Waals surface area contributed by atoms with Crippen LogP contribution >= 0.6 is 0 Å². The number of carboxylic acid groups (broad SMARTS) is 1. The summed E-state index contributed by atoms with van der Waals surface area (Å²) >= 11 is 0. The fourth-order valence-corrected chi connectivity index (χ4v) is 2.56. The summed E-state index contributed by atoms with van der Waals surface area (Å²) in [7, 11) is 0. The van der Waals surface area contributed by atoms with Crippen molar-refractivity contribution in [2.45, 2.75) is 20.8 Å². The zero-order valence-corrected chi connectivity index (χ0v) is 15.2. The molecule has 0 bridgehead atoms. The number of ether oxygens (including phenoxy) is 2. The molecular formula is C20H23NO5. The number of carbonyl (C=O) groups is 2. The number of rotatable bonds is 8. The molecule has 1 amide bonds. The van der Waals surface area contributed by atoms with Gasteiger partial charge in [0.05, 0.1) is 6.61 Å². The lowest BCUT2D eigenvalue weighted by molar-refractivity contribution is -0.139. The van der Waals surface area contributed by atoms with E-state index in [1.165, 1.54) is 0 Å². The van der Waals surface area contributed by atoms with E-state index < -0.39 is 12.6 Å². The largest absolute Gasteiger partial charge is 0.490 e. The summed E-state index contributed by atoms with van der Waals surface area (Å²) in [6.45, 7) is 6.11. The maximum Gasteiger partial charge on any atom is 0.341 e. The molecule has 0 saturated heterocycles. The Morgan fingerprint density at radius 2 is 1.81 bits per heavy atom. The molecule has 0 aromatic heterocycles. The Balaban J connectivity index is 2.32. The van der Waals surface area contributed by atoms with E-state index in [0.29, 0.717) is 30.2 Å². The fraction of sp³-hybridized carbons (Fsp3) is 0.300. The highest BCUT2D eigenvalue weighted by Gasteiger charge is 2.19. The molecule has 0 spiro atoms. The highest BCUT2D eigenvalue weighted by atomic mass is 16.5. The number of aryl methyl sites for hydroxylation is 1. The number of carbonyl (C=O) groups excluding carboxylic acids is 1. The van der Waals surface area contributed by atoms with Crippen molar-refractivity contribution in [3.8, 4) is 11.5 Å². The number of hydrogen-bond acceptors (Lipinski definition) is 4. The molecule has 0 atom stereocenters. The third-order valence-electron chi connectivity index (χ3n) is 3.72. The van der Waals surface area contributed by atoms with Crippen LogP contribution < -0.4 is 14.4 Å². The zero-order chi connectivity index (χ0) is 19.1. The van der Waals surface area contributed by atoms with Gasteiger partial charge in [-0.3, -0.25) is 4.79 Å². The molecule has 0 aliphatic rings. The van der Waals surface area contributed by atoms with Gasteiger partial charge in [0.1, 0.15) is 0 Å². The molecule has 138 valence electrons. The second kappa shape index (κ2) is 8.89. The molecule has 2 rings (SSSR count). The molecule has 0 aliphatic carbocycles. The number of anilines is 1. The molecule has 1 N–H and O–H groups in total. The predicted molar refractivity (Wildman–Crippen MR) is 99.3 cm³/mol. The third-order valence-corrected chi connectivity index (χ3v) is 3.72. The van der Waals surface area contributed by atoms with Gasteiger partial charge in [-0.15, -0.1) is 0 Å². The molecule has 0 unspecified atom stereocenters. The summed E-state index contributed by atoms with van der Waals surface area (Å²) in [5.41, 5.74) is 2.34. The second-order valence-corrected chi connectivity index (χ2v) is 5.67. The quantitative estimate of drug-likeness (QED) is 0.782. The van der Waals surface area contributed by atoms with Gasteiger partial charge in [-0.2, -0.15) is 0 Å². The minimum Gasteiger partial charge on any atom is -0.490 e. The molecule has 6 heteroatoms. The molecule has 26 heavy (non-hydrogen) atoms. The van der Waals surface area contributed by atoms with Crippen molar-refractivity contribution < 1.29 is 24.2 Å². The molecule has 0 aliphatic heterocycles. The van der Waals surface area contributed by atoms with Crippen molar-refractivity contribution in [2.75, 3.05) is 24.7 Å². The van der Waals surface area contributed by atoms with Gasteiger partial charge >= 0.3 is 5.97 Å². The predicted octanol–water partition coefficient (Wildman–Crippen LogP) is 3.52. The Bertz CT molecular complexity index is 788. The molecule has 2 aromatic carbocycles. The molecule has 2 aromatic rings. The average Bonchev–Trinajstić information content (AvgIpc) is 2.61. The van der Waals surface area contributed by atoms with Crippen molar-refractivity contribution in [1.82, 2.24) is 0 Å². The zero-order valence-electron chi connectivity index (χ0n) is 15.2. The normalized spacial score (nSPS) is 10.3. The summed E-state index contributed by atoms with van der Waals surface area (Å²) in [6, 6.07) is 12.5. The lowest BCUT2D eigenvalue weighted by Crippen LogP contribution is -2.30. The van der Waals surface area contributed by atoms with E-state index in [4.69, 9.17) is 14.6 Å². The molecule has 6 nitrogen and oxygen atoms in total. The van der Waals surface area contributed by atoms with E-state index in [1.54, 1.807) is 30.0 Å². The highest BCUT2D eigenvalue weighted by Crippen LogP contribution is 2.30. The van der Waals surface area contributed by atoms with E-state index in [0.717, 1.165) is 11.3 Å². The maximum absolute atomic E-state index is 13.0. The summed E-state index contributed by atoms with van der Waals surface area (Å²) < 4.78 is 10.7. The third kappa shape index (κ3) is 4.75. The Kier molecular flexibility index (Phi) is 6.60.